The van der Waals surface area contributed by atoms with E-state index in [0.717, 1.165) is 12.1 Å². The third-order valence-electron chi connectivity index (χ3n) is 6.34. The maximum absolute atomic E-state index is 12.1. The number of nitrogens with zero attached hydrogens (tertiary/aromatic N) is 3. The highest BCUT2D eigenvalue weighted by Gasteiger charge is 2.70. The molecule has 4 atom stereocenters. The van der Waals surface area contributed by atoms with Crippen molar-refractivity contribution < 1.29 is 14.6 Å². The molecule has 1 saturated heterocycles. The van der Waals surface area contributed by atoms with Gasteiger partial charge in [-0.25, -0.2) is 9.97 Å². The van der Waals surface area contributed by atoms with Gasteiger partial charge in [0.25, 0.3) is 0 Å². The monoisotopic (exact) mass is 396 g/mol. The number of nitrogens with one attached hydrogen (secondary N) is 1. The van der Waals surface area contributed by atoms with Crippen LogP contribution in [0.4, 0.5) is 0 Å². The van der Waals surface area contributed by atoms with Crippen LogP contribution in [-0.2, 0) is 16.1 Å². The minimum Gasteiger partial charge on any atom is -0.391 e. The first-order chi connectivity index (χ1) is 14.1. The fourth-order valence-electron chi connectivity index (χ4n) is 4.99. The van der Waals surface area contributed by atoms with E-state index in [2.05, 4.69) is 32.3 Å². The number of aromatic nitrogens is 2. The van der Waals surface area contributed by atoms with E-state index in [9.17, 15) is 9.90 Å². The predicted molar refractivity (Wildman–Crippen MR) is 108 cm³/mol. The molecule has 2 aromatic rings. The van der Waals surface area contributed by atoms with Gasteiger partial charge in [-0.1, -0.05) is 30.3 Å². The number of aliphatic hydroxyl groups excluding tert-OH is 1. The molecule has 154 valence electrons. The Morgan fingerprint density at radius 3 is 2.79 bits per heavy atom. The quantitative estimate of drug-likeness (QED) is 0.697. The minimum atomic E-state index is -0.432. The summed E-state index contributed by atoms with van der Waals surface area (Å²) in [7, 11) is 1.59. The number of hydrogen-bond acceptors (Lipinski definition) is 6. The molecular formula is C22H28N4O3. The smallest absolute Gasteiger partial charge is 0.222 e. The first-order valence-electron chi connectivity index (χ1n) is 10.1. The molecule has 1 aliphatic carbocycles. The predicted octanol–water partition coefficient (Wildman–Crippen LogP) is 1.21. The summed E-state index contributed by atoms with van der Waals surface area (Å²) in [6.45, 7) is 3.11. The van der Waals surface area contributed by atoms with E-state index in [-0.39, 0.29) is 23.2 Å². The van der Waals surface area contributed by atoms with Gasteiger partial charge >= 0.3 is 0 Å². The first-order valence-corrected chi connectivity index (χ1v) is 10.1. The Morgan fingerprint density at radius 2 is 2.07 bits per heavy atom. The zero-order valence-electron chi connectivity index (χ0n) is 16.7. The number of rotatable bonds is 8. The third kappa shape index (κ3) is 4.03. The van der Waals surface area contributed by atoms with E-state index in [0.29, 0.717) is 32.7 Å². The largest absolute Gasteiger partial charge is 0.391 e. The molecule has 0 unspecified atom stereocenters. The summed E-state index contributed by atoms with van der Waals surface area (Å²) in [4.78, 5) is 22.5. The van der Waals surface area contributed by atoms with Crippen molar-refractivity contribution in [2.45, 2.75) is 25.0 Å². The number of β-amino-alcohol motifs (C(OH)–C–C–N with tert-alkyl or cyclic N) is 1. The van der Waals surface area contributed by atoms with Crippen molar-refractivity contribution in [1.29, 1.82) is 0 Å². The fraction of sp³-hybridized carbons (Fsp3) is 0.500. The number of ether oxygens (including phenoxy) is 1. The van der Waals surface area contributed by atoms with Crippen molar-refractivity contribution in [3.63, 3.8) is 0 Å². The third-order valence-corrected chi connectivity index (χ3v) is 6.34. The van der Waals surface area contributed by atoms with Crippen LogP contribution in [0.1, 0.15) is 23.5 Å². The second kappa shape index (κ2) is 8.57. The highest BCUT2D eigenvalue weighted by molar-refractivity contribution is 5.76. The summed E-state index contributed by atoms with van der Waals surface area (Å²) < 4.78 is 4.99. The molecule has 1 aromatic heterocycles. The number of likely N-dealkylation sites (tertiary alicyclic amines) is 1. The van der Waals surface area contributed by atoms with Crippen LogP contribution in [0, 0.1) is 11.3 Å². The van der Waals surface area contributed by atoms with Crippen molar-refractivity contribution in [3.05, 3.63) is 60.2 Å². The maximum Gasteiger partial charge on any atom is 0.222 e. The Labute approximate surface area is 171 Å². The lowest BCUT2D eigenvalue weighted by Gasteiger charge is -2.16. The van der Waals surface area contributed by atoms with E-state index in [1.54, 1.807) is 7.11 Å². The van der Waals surface area contributed by atoms with Crippen LogP contribution in [0.25, 0.3) is 0 Å². The van der Waals surface area contributed by atoms with Crippen molar-refractivity contribution >= 4 is 5.91 Å². The second-order valence-corrected chi connectivity index (χ2v) is 8.09. The van der Waals surface area contributed by atoms with Crippen molar-refractivity contribution in [3.8, 4) is 0 Å². The molecule has 1 spiro atoms. The first kappa shape index (κ1) is 19.9. The molecule has 7 heteroatoms. The van der Waals surface area contributed by atoms with Gasteiger partial charge in [0.05, 0.1) is 12.7 Å². The molecule has 29 heavy (non-hydrogen) atoms. The molecule has 4 rings (SSSR count). The Bertz CT molecular complexity index is 819. The number of hydrogen-bond donors (Lipinski definition) is 2. The van der Waals surface area contributed by atoms with Crippen LogP contribution < -0.4 is 5.32 Å². The number of benzene rings is 1. The van der Waals surface area contributed by atoms with Gasteiger partial charge in [0.15, 0.2) is 0 Å². The van der Waals surface area contributed by atoms with Gasteiger partial charge in [-0.15, -0.1) is 0 Å². The molecule has 2 heterocycles. The van der Waals surface area contributed by atoms with Gasteiger partial charge in [-0.3, -0.25) is 9.69 Å². The summed E-state index contributed by atoms with van der Waals surface area (Å²) >= 11 is 0. The molecule has 1 saturated carbocycles. The summed E-state index contributed by atoms with van der Waals surface area (Å²) in [5.74, 6) is 0.438. The Morgan fingerprint density at radius 1 is 1.31 bits per heavy atom. The van der Waals surface area contributed by atoms with Gasteiger partial charge < -0.3 is 15.2 Å². The number of methoxy groups -OCH3 is 1. The summed E-state index contributed by atoms with van der Waals surface area (Å²) in [6, 6.07) is 10.3. The maximum atomic E-state index is 12.1. The zero-order valence-corrected chi connectivity index (χ0v) is 16.7. The van der Waals surface area contributed by atoms with E-state index in [4.69, 9.17) is 4.74 Å². The molecule has 1 aliphatic heterocycles. The van der Waals surface area contributed by atoms with Crippen molar-refractivity contribution in [1.82, 2.24) is 20.2 Å². The van der Waals surface area contributed by atoms with Crippen LogP contribution in [0.5, 0.6) is 0 Å². The second-order valence-electron chi connectivity index (χ2n) is 8.09. The number of carbonyl (C=O) groups is 1. The molecule has 1 amide bonds. The highest BCUT2D eigenvalue weighted by Crippen LogP contribution is 2.68. The molecule has 1 aromatic carbocycles. The molecule has 0 radical (unpaired) electrons. The van der Waals surface area contributed by atoms with Crippen LogP contribution in [0.3, 0.4) is 0 Å². The highest BCUT2D eigenvalue weighted by atomic mass is 16.5. The summed E-state index contributed by atoms with van der Waals surface area (Å²) in [5.41, 5.74) is 2.04. The van der Waals surface area contributed by atoms with Crippen LogP contribution in [0.2, 0.25) is 0 Å². The zero-order chi connectivity index (χ0) is 20.3. The number of aliphatic hydroxyl groups is 1. The van der Waals surface area contributed by atoms with E-state index in [1.807, 2.05) is 30.6 Å². The van der Waals surface area contributed by atoms with Gasteiger partial charge in [-0.05, 0) is 17.4 Å². The number of amides is 1. The Kier molecular flexibility index (Phi) is 5.89. The van der Waals surface area contributed by atoms with Gasteiger partial charge in [0.2, 0.25) is 5.91 Å². The van der Waals surface area contributed by atoms with Crippen LogP contribution >= 0.6 is 0 Å². The lowest BCUT2D eigenvalue weighted by Crippen LogP contribution is -2.30. The van der Waals surface area contributed by atoms with Crippen molar-refractivity contribution in [2.24, 2.45) is 11.3 Å². The minimum absolute atomic E-state index is 0.00788. The number of carbonyl (C=O) groups excluding carboxylic acids is 1. The molecule has 2 aliphatic rings. The Balaban J connectivity index is 1.48. The lowest BCUT2D eigenvalue weighted by atomic mass is 9.95. The average Bonchev–Trinajstić information content (AvgIpc) is 3.27. The fourth-order valence-corrected chi connectivity index (χ4v) is 4.99. The van der Waals surface area contributed by atoms with Gasteiger partial charge in [-0.2, -0.15) is 0 Å². The summed E-state index contributed by atoms with van der Waals surface area (Å²) in [5, 5.41) is 14.1. The normalized spacial score (nSPS) is 28.6. The van der Waals surface area contributed by atoms with E-state index >= 15 is 0 Å². The molecular weight excluding hydrogens is 368 g/mol. The van der Waals surface area contributed by atoms with Gasteiger partial charge in [0, 0.05) is 63.1 Å². The summed E-state index contributed by atoms with van der Waals surface area (Å²) in [6.07, 6.45) is 5.09. The SMILES string of the molecule is COCCC(=O)NC[C@@H]1[C@@H](c2ccccc2)[C@]12CN(Cc1cncnc1)C[C@H]2O. The molecule has 7 nitrogen and oxygen atoms in total. The van der Waals surface area contributed by atoms with Crippen LogP contribution in [-0.4, -0.2) is 65.3 Å². The molecule has 2 N–H and O–H groups in total. The van der Waals surface area contributed by atoms with E-state index < -0.39 is 6.10 Å². The Hall–Kier alpha value is -2.35. The topological polar surface area (TPSA) is 87.6 Å². The lowest BCUT2D eigenvalue weighted by molar-refractivity contribution is -0.122. The van der Waals surface area contributed by atoms with Crippen LogP contribution in [0.15, 0.2) is 49.1 Å². The molecule has 2 fully saturated rings. The molecule has 0 bridgehead atoms. The van der Waals surface area contributed by atoms with E-state index in [1.165, 1.54) is 11.9 Å². The van der Waals surface area contributed by atoms with Gasteiger partial charge in [0.1, 0.15) is 6.33 Å². The van der Waals surface area contributed by atoms with Crippen molar-refractivity contribution in [2.75, 3.05) is 33.4 Å². The average molecular weight is 396 g/mol. The standard InChI is InChI=1S/C22H28N4O3/c1-29-8-7-20(28)25-11-18-21(17-5-3-2-4-6-17)22(18)14-26(13-19(22)27)12-16-9-23-15-24-10-16/h2-6,9-10,15,18-19,21,27H,7-8,11-14H2,1H3,(H,25,28)/t18-,19-,21-,22-/m1/s1.